The van der Waals surface area contributed by atoms with Gasteiger partial charge in [-0.1, -0.05) is 32.9 Å². The van der Waals surface area contributed by atoms with Gasteiger partial charge in [-0.25, -0.2) is 9.59 Å². The minimum absolute atomic E-state index is 0.178. The van der Waals surface area contributed by atoms with Crippen molar-refractivity contribution in [3.63, 3.8) is 0 Å². The van der Waals surface area contributed by atoms with Crippen LogP contribution in [0.2, 0.25) is 0 Å². The summed E-state index contributed by atoms with van der Waals surface area (Å²) in [6.07, 6.45) is 1.42. The van der Waals surface area contributed by atoms with E-state index in [2.05, 4.69) is 4.98 Å². The third-order valence-electron chi connectivity index (χ3n) is 4.63. The van der Waals surface area contributed by atoms with E-state index in [0.29, 0.717) is 17.0 Å². The van der Waals surface area contributed by atoms with E-state index in [4.69, 9.17) is 9.84 Å². The molecule has 0 aliphatic carbocycles. The van der Waals surface area contributed by atoms with Crippen molar-refractivity contribution >= 4 is 5.97 Å². The Hall–Kier alpha value is -3.61. The van der Waals surface area contributed by atoms with Crippen molar-refractivity contribution in [2.75, 3.05) is 7.11 Å². The van der Waals surface area contributed by atoms with E-state index in [1.54, 1.807) is 25.3 Å². The van der Waals surface area contributed by atoms with Crippen molar-refractivity contribution in [2.24, 2.45) is 0 Å². The summed E-state index contributed by atoms with van der Waals surface area (Å²) in [6, 6.07) is 11.4. The Morgan fingerprint density at radius 1 is 1.07 bits per heavy atom. The van der Waals surface area contributed by atoms with E-state index >= 15 is 0 Å². The Balaban J connectivity index is 2.32. The Morgan fingerprint density at radius 3 is 2.24 bits per heavy atom. The number of ether oxygens (including phenoxy) is 1. The van der Waals surface area contributed by atoms with E-state index in [9.17, 15) is 14.4 Å². The number of benzene rings is 2. The molecule has 0 radical (unpaired) electrons. The maximum atomic E-state index is 12.3. The lowest BCUT2D eigenvalue weighted by Gasteiger charge is -2.25. The largest absolute Gasteiger partial charge is 0.496 e. The molecule has 0 spiro atoms. The van der Waals surface area contributed by atoms with E-state index in [1.807, 2.05) is 26.8 Å². The maximum absolute atomic E-state index is 12.3. The third kappa shape index (κ3) is 3.99. The fourth-order valence-electron chi connectivity index (χ4n) is 3.16. The van der Waals surface area contributed by atoms with Crippen LogP contribution in [-0.4, -0.2) is 27.7 Å². The molecule has 2 N–H and O–H groups in total. The lowest BCUT2D eigenvalue weighted by Crippen LogP contribution is -2.27. The summed E-state index contributed by atoms with van der Waals surface area (Å²) in [4.78, 5) is 37.2. The molecule has 2 aromatic carbocycles. The van der Waals surface area contributed by atoms with Gasteiger partial charge in [-0.3, -0.25) is 14.3 Å². The van der Waals surface area contributed by atoms with Crippen LogP contribution in [0.1, 0.15) is 36.7 Å². The molecule has 0 saturated heterocycles. The fourth-order valence-corrected chi connectivity index (χ4v) is 3.16. The van der Waals surface area contributed by atoms with Crippen molar-refractivity contribution < 1.29 is 14.6 Å². The summed E-state index contributed by atoms with van der Waals surface area (Å²) in [7, 11) is 1.57. The number of aromatic nitrogens is 2. The van der Waals surface area contributed by atoms with Gasteiger partial charge in [-0.2, -0.15) is 0 Å². The Bertz CT molecular complexity index is 1180. The number of rotatable bonds is 4. The highest BCUT2D eigenvalue weighted by atomic mass is 16.5. The highest BCUT2D eigenvalue weighted by molar-refractivity contribution is 5.88. The third-order valence-corrected chi connectivity index (χ3v) is 4.63. The van der Waals surface area contributed by atoms with Crippen LogP contribution in [0.3, 0.4) is 0 Å². The fraction of sp³-hybridized carbons (Fsp3) is 0.227. The number of aromatic carboxylic acids is 1. The van der Waals surface area contributed by atoms with Crippen LogP contribution in [0.5, 0.6) is 5.75 Å². The van der Waals surface area contributed by atoms with Gasteiger partial charge in [0.1, 0.15) is 5.75 Å². The van der Waals surface area contributed by atoms with Crippen molar-refractivity contribution in [3.8, 4) is 22.6 Å². The number of carboxylic acids is 1. The predicted octanol–water partition coefficient (Wildman–Crippen LogP) is 3.20. The lowest BCUT2D eigenvalue weighted by molar-refractivity contribution is 0.0697. The Labute approximate surface area is 167 Å². The van der Waals surface area contributed by atoms with Crippen molar-refractivity contribution in [1.82, 2.24) is 9.55 Å². The van der Waals surface area contributed by atoms with Crippen LogP contribution in [0, 0.1) is 0 Å². The number of nitrogens with one attached hydrogen (secondary N) is 1. The van der Waals surface area contributed by atoms with Gasteiger partial charge < -0.3 is 9.84 Å². The zero-order valence-corrected chi connectivity index (χ0v) is 16.6. The average Bonchev–Trinajstić information content (AvgIpc) is 2.66. The lowest BCUT2D eigenvalue weighted by atomic mass is 9.83. The quantitative estimate of drug-likeness (QED) is 0.708. The molecule has 0 aliphatic heterocycles. The summed E-state index contributed by atoms with van der Waals surface area (Å²) in [5, 5.41) is 9.15. The molecule has 0 atom stereocenters. The number of carboxylic acid groups (broad SMARTS) is 1. The first-order valence-electron chi connectivity index (χ1n) is 9.00. The molecule has 7 heteroatoms. The standard InChI is InChI=1S/C22H22N2O5/c1-22(2,3)17-12-15(24-10-9-18(25)23-21(24)28)11-16(19(17)29-4)13-5-7-14(8-6-13)20(26)27/h5-12H,1-4H3,(H,26,27)(H,23,25,28). The van der Waals surface area contributed by atoms with Crippen LogP contribution >= 0.6 is 0 Å². The molecule has 3 aromatic rings. The van der Waals surface area contributed by atoms with Crippen molar-refractivity contribution in [1.29, 1.82) is 0 Å². The van der Waals surface area contributed by atoms with Gasteiger partial charge in [0, 0.05) is 23.4 Å². The molecule has 1 aromatic heterocycles. The highest BCUT2D eigenvalue weighted by Crippen LogP contribution is 2.41. The number of carbonyl (C=O) groups is 1. The van der Waals surface area contributed by atoms with Crippen LogP contribution in [-0.2, 0) is 5.41 Å². The number of methoxy groups -OCH3 is 1. The normalized spacial score (nSPS) is 11.3. The van der Waals surface area contributed by atoms with E-state index in [1.165, 1.54) is 29.0 Å². The summed E-state index contributed by atoms with van der Waals surface area (Å²) in [5.74, 6) is -0.366. The van der Waals surface area contributed by atoms with Gasteiger partial charge in [0.05, 0.1) is 18.4 Å². The molecule has 150 valence electrons. The molecular weight excluding hydrogens is 372 g/mol. The minimum atomic E-state index is -1.01. The molecule has 0 saturated carbocycles. The van der Waals surface area contributed by atoms with E-state index in [0.717, 1.165) is 11.1 Å². The van der Waals surface area contributed by atoms with E-state index in [-0.39, 0.29) is 11.0 Å². The van der Waals surface area contributed by atoms with E-state index < -0.39 is 17.2 Å². The molecule has 0 fully saturated rings. The second kappa shape index (κ2) is 7.43. The molecule has 0 amide bonds. The first-order valence-corrected chi connectivity index (χ1v) is 9.00. The summed E-state index contributed by atoms with van der Waals surface area (Å²) >= 11 is 0. The molecule has 1 heterocycles. The first-order chi connectivity index (χ1) is 13.6. The van der Waals surface area contributed by atoms with Crippen molar-refractivity contribution in [3.05, 3.63) is 80.6 Å². The van der Waals surface area contributed by atoms with Crippen LogP contribution in [0.25, 0.3) is 16.8 Å². The maximum Gasteiger partial charge on any atom is 0.335 e. The van der Waals surface area contributed by atoms with Gasteiger partial charge in [-0.15, -0.1) is 0 Å². The SMILES string of the molecule is COc1c(-c2ccc(C(=O)O)cc2)cc(-n2ccc(=O)[nH]c2=O)cc1C(C)(C)C. The number of hydrogen-bond donors (Lipinski definition) is 2. The van der Waals surface area contributed by atoms with Gasteiger partial charge in [0.2, 0.25) is 0 Å². The summed E-state index contributed by atoms with van der Waals surface area (Å²) in [6.45, 7) is 6.09. The second-order valence-corrected chi connectivity index (χ2v) is 7.69. The number of nitrogens with zero attached hydrogens (tertiary/aromatic N) is 1. The Kier molecular flexibility index (Phi) is 5.16. The zero-order chi connectivity index (χ0) is 21.3. The molecular formula is C22H22N2O5. The van der Waals surface area contributed by atoms with Crippen LogP contribution in [0.15, 0.2) is 58.3 Å². The number of H-pyrrole nitrogens is 1. The number of aromatic amines is 1. The molecule has 0 aliphatic rings. The molecule has 29 heavy (non-hydrogen) atoms. The second-order valence-electron chi connectivity index (χ2n) is 7.69. The predicted molar refractivity (Wildman–Crippen MR) is 110 cm³/mol. The van der Waals surface area contributed by atoms with Gasteiger partial charge >= 0.3 is 11.7 Å². The van der Waals surface area contributed by atoms with Crippen molar-refractivity contribution in [2.45, 2.75) is 26.2 Å². The van der Waals surface area contributed by atoms with Crippen LogP contribution < -0.4 is 16.0 Å². The molecule has 3 rings (SSSR count). The molecule has 0 bridgehead atoms. The monoisotopic (exact) mass is 394 g/mol. The van der Waals surface area contributed by atoms with Gasteiger partial charge in [-0.05, 0) is 35.2 Å². The zero-order valence-electron chi connectivity index (χ0n) is 16.6. The summed E-state index contributed by atoms with van der Waals surface area (Å²) in [5.41, 5.74) is 1.75. The summed E-state index contributed by atoms with van der Waals surface area (Å²) < 4.78 is 7.07. The Morgan fingerprint density at radius 2 is 1.72 bits per heavy atom. The smallest absolute Gasteiger partial charge is 0.335 e. The highest BCUT2D eigenvalue weighted by Gasteiger charge is 2.24. The molecule has 0 unspecified atom stereocenters. The first kappa shape index (κ1) is 20.1. The van der Waals surface area contributed by atoms with Crippen LogP contribution in [0.4, 0.5) is 0 Å². The van der Waals surface area contributed by atoms with Gasteiger partial charge in [0.25, 0.3) is 5.56 Å². The minimum Gasteiger partial charge on any atom is -0.496 e. The molecule has 7 nitrogen and oxygen atoms in total. The van der Waals surface area contributed by atoms with Gasteiger partial charge in [0.15, 0.2) is 0 Å². The average molecular weight is 394 g/mol. The topological polar surface area (TPSA) is 101 Å². The number of hydrogen-bond acceptors (Lipinski definition) is 4.